The second kappa shape index (κ2) is 7.93. The van der Waals surface area contributed by atoms with E-state index in [2.05, 4.69) is 5.32 Å². The molecule has 1 atom stereocenters. The summed E-state index contributed by atoms with van der Waals surface area (Å²) in [5.74, 6) is -1.13. The van der Waals surface area contributed by atoms with Crippen LogP contribution in [-0.2, 0) is 14.8 Å². The Labute approximate surface area is 169 Å². The number of anilines is 1. The number of nitrogens with one attached hydrogen (secondary N) is 1. The van der Waals surface area contributed by atoms with Gasteiger partial charge in [0.15, 0.2) is 0 Å². The number of hydrogen-bond acceptors (Lipinski definition) is 3. The molecule has 0 bridgehead atoms. The zero-order valence-corrected chi connectivity index (χ0v) is 16.5. The Morgan fingerprint density at radius 1 is 1.00 bits per heavy atom. The standard InChI is InChI=1S/C22H21FN2O3S/c23-19-8-11-21(12-9-19)29(27,28)25-13-3-6-18(15-25)22(26)24-20-10-7-16-4-1-2-5-17(16)14-20/h1-2,4-5,7-12,14,18H,3,6,13,15H2,(H,24,26)/t18-/m0/s1. The SMILES string of the molecule is O=C(Nc1ccc2ccccc2c1)[C@H]1CCCN(S(=O)(=O)c2ccc(F)cc2)C1. The first-order chi connectivity index (χ1) is 13.9. The molecule has 0 unspecified atom stereocenters. The predicted octanol–water partition coefficient (Wildman–Crippen LogP) is 4.02. The highest BCUT2D eigenvalue weighted by molar-refractivity contribution is 7.89. The normalized spacial score (nSPS) is 17.9. The Hall–Kier alpha value is -2.77. The van der Waals surface area contributed by atoms with Crippen LogP contribution in [0.15, 0.2) is 71.6 Å². The van der Waals surface area contributed by atoms with Crippen molar-refractivity contribution in [3.8, 4) is 0 Å². The van der Waals surface area contributed by atoms with Crippen molar-refractivity contribution in [2.75, 3.05) is 18.4 Å². The van der Waals surface area contributed by atoms with Crippen molar-refractivity contribution in [1.29, 1.82) is 0 Å². The second-order valence-corrected chi connectivity index (χ2v) is 9.15. The molecule has 1 amide bonds. The van der Waals surface area contributed by atoms with Gasteiger partial charge in [0.25, 0.3) is 0 Å². The molecule has 0 radical (unpaired) electrons. The molecule has 3 aromatic carbocycles. The van der Waals surface area contributed by atoms with E-state index < -0.39 is 21.8 Å². The molecule has 1 aliphatic heterocycles. The third kappa shape index (κ3) is 4.16. The van der Waals surface area contributed by atoms with Gasteiger partial charge in [0.1, 0.15) is 5.82 Å². The number of fused-ring (bicyclic) bond motifs is 1. The lowest BCUT2D eigenvalue weighted by Crippen LogP contribution is -2.43. The Morgan fingerprint density at radius 3 is 2.48 bits per heavy atom. The number of amides is 1. The van der Waals surface area contributed by atoms with Crippen molar-refractivity contribution in [3.63, 3.8) is 0 Å². The molecule has 4 rings (SSSR count). The van der Waals surface area contributed by atoms with E-state index in [1.807, 2.05) is 42.5 Å². The first kappa shape index (κ1) is 19.5. The molecule has 0 aliphatic carbocycles. The van der Waals surface area contributed by atoms with Crippen LogP contribution < -0.4 is 5.32 Å². The number of carbonyl (C=O) groups excluding carboxylic acids is 1. The molecule has 1 heterocycles. The minimum atomic E-state index is -3.76. The van der Waals surface area contributed by atoms with Crippen molar-refractivity contribution >= 4 is 32.4 Å². The molecule has 5 nitrogen and oxygen atoms in total. The van der Waals surface area contributed by atoms with Crippen molar-refractivity contribution in [3.05, 3.63) is 72.5 Å². The number of halogens is 1. The highest BCUT2D eigenvalue weighted by Gasteiger charge is 2.33. The zero-order valence-electron chi connectivity index (χ0n) is 15.7. The van der Waals surface area contributed by atoms with Gasteiger partial charge < -0.3 is 5.32 Å². The number of rotatable bonds is 4. The van der Waals surface area contributed by atoms with Gasteiger partial charge in [-0.1, -0.05) is 30.3 Å². The zero-order chi connectivity index (χ0) is 20.4. The average Bonchev–Trinajstić information content (AvgIpc) is 2.74. The highest BCUT2D eigenvalue weighted by atomic mass is 32.2. The summed E-state index contributed by atoms with van der Waals surface area (Å²) in [7, 11) is -3.76. The van der Waals surface area contributed by atoms with E-state index in [4.69, 9.17) is 0 Å². The van der Waals surface area contributed by atoms with Crippen molar-refractivity contribution < 1.29 is 17.6 Å². The molecule has 0 aromatic heterocycles. The number of sulfonamides is 1. The fourth-order valence-corrected chi connectivity index (χ4v) is 5.17. The van der Waals surface area contributed by atoms with E-state index in [9.17, 15) is 17.6 Å². The summed E-state index contributed by atoms with van der Waals surface area (Å²) in [6.07, 6.45) is 1.21. The number of hydrogen-bond donors (Lipinski definition) is 1. The summed E-state index contributed by atoms with van der Waals surface area (Å²) < 4.78 is 40.1. The van der Waals surface area contributed by atoms with E-state index in [0.717, 1.165) is 22.9 Å². The first-order valence-corrected chi connectivity index (χ1v) is 10.9. The van der Waals surface area contributed by atoms with Gasteiger partial charge >= 0.3 is 0 Å². The van der Waals surface area contributed by atoms with Crippen LogP contribution in [0.2, 0.25) is 0 Å². The maximum atomic E-state index is 13.1. The minimum Gasteiger partial charge on any atom is -0.326 e. The van der Waals surface area contributed by atoms with E-state index >= 15 is 0 Å². The van der Waals surface area contributed by atoms with Crippen molar-refractivity contribution in [2.24, 2.45) is 5.92 Å². The molecule has 150 valence electrons. The molecule has 0 saturated carbocycles. The van der Waals surface area contributed by atoms with Crippen LogP contribution in [0, 0.1) is 11.7 Å². The number of nitrogens with zero attached hydrogens (tertiary/aromatic N) is 1. The summed E-state index contributed by atoms with van der Waals surface area (Å²) in [5.41, 5.74) is 0.687. The molecule has 1 saturated heterocycles. The van der Waals surface area contributed by atoms with E-state index in [1.165, 1.54) is 16.4 Å². The molecular weight excluding hydrogens is 391 g/mol. The van der Waals surface area contributed by atoms with Gasteiger partial charge in [-0.3, -0.25) is 4.79 Å². The second-order valence-electron chi connectivity index (χ2n) is 7.21. The van der Waals surface area contributed by atoms with Crippen molar-refractivity contribution in [2.45, 2.75) is 17.7 Å². The van der Waals surface area contributed by atoms with Gasteiger partial charge in [-0.15, -0.1) is 0 Å². The third-order valence-corrected chi connectivity index (χ3v) is 7.10. The van der Waals surface area contributed by atoms with E-state index in [0.29, 0.717) is 25.1 Å². The van der Waals surface area contributed by atoms with Crippen LogP contribution in [0.4, 0.5) is 10.1 Å². The summed E-state index contributed by atoms with van der Waals surface area (Å²) in [4.78, 5) is 12.8. The molecule has 1 aliphatic rings. The molecule has 0 spiro atoms. The summed E-state index contributed by atoms with van der Waals surface area (Å²) in [5, 5.41) is 5.02. The number of benzene rings is 3. The third-order valence-electron chi connectivity index (χ3n) is 5.22. The van der Waals surface area contributed by atoms with Gasteiger partial charge in [0, 0.05) is 18.8 Å². The minimum absolute atomic E-state index is 0.0366. The fourth-order valence-electron chi connectivity index (χ4n) is 3.64. The number of piperidine rings is 1. The Kier molecular flexibility index (Phi) is 5.34. The van der Waals surface area contributed by atoms with Crippen LogP contribution in [0.25, 0.3) is 10.8 Å². The van der Waals surface area contributed by atoms with Crippen LogP contribution in [-0.4, -0.2) is 31.7 Å². The molecule has 1 N–H and O–H groups in total. The summed E-state index contributed by atoms with van der Waals surface area (Å²) in [6.45, 7) is 0.457. The topological polar surface area (TPSA) is 66.5 Å². The predicted molar refractivity (Wildman–Crippen MR) is 110 cm³/mol. The summed E-state index contributed by atoms with van der Waals surface area (Å²) in [6, 6.07) is 18.3. The monoisotopic (exact) mass is 412 g/mol. The fraction of sp³-hybridized carbons (Fsp3) is 0.227. The smallest absolute Gasteiger partial charge is 0.243 e. The van der Waals surface area contributed by atoms with Gasteiger partial charge in [-0.05, 0) is 60.0 Å². The average molecular weight is 412 g/mol. The van der Waals surface area contributed by atoms with Gasteiger partial charge in [-0.25, -0.2) is 12.8 Å². The molecule has 29 heavy (non-hydrogen) atoms. The number of carbonyl (C=O) groups is 1. The molecule has 7 heteroatoms. The molecule has 3 aromatic rings. The lowest BCUT2D eigenvalue weighted by atomic mass is 9.98. The maximum absolute atomic E-state index is 13.1. The van der Waals surface area contributed by atoms with Crippen LogP contribution in [0.5, 0.6) is 0 Å². The van der Waals surface area contributed by atoms with Gasteiger partial charge in [-0.2, -0.15) is 4.31 Å². The lowest BCUT2D eigenvalue weighted by molar-refractivity contribution is -0.120. The van der Waals surface area contributed by atoms with Crippen LogP contribution in [0.3, 0.4) is 0 Å². The maximum Gasteiger partial charge on any atom is 0.243 e. The van der Waals surface area contributed by atoms with Crippen LogP contribution >= 0.6 is 0 Å². The Morgan fingerprint density at radius 2 is 1.72 bits per heavy atom. The van der Waals surface area contributed by atoms with E-state index in [-0.39, 0.29) is 17.3 Å². The van der Waals surface area contributed by atoms with E-state index in [1.54, 1.807) is 0 Å². The highest BCUT2D eigenvalue weighted by Crippen LogP contribution is 2.26. The quantitative estimate of drug-likeness (QED) is 0.704. The Bertz CT molecular complexity index is 1150. The van der Waals surface area contributed by atoms with Gasteiger partial charge in [0.05, 0.1) is 10.8 Å². The first-order valence-electron chi connectivity index (χ1n) is 9.49. The largest absolute Gasteiger partial charge is 0.326 e. The molecule has 1 fully saturated rings. The Balaban J connectivity index is 1.48. The van der Waals surface area contributed by atoms with Crippen molar-refractivity contribution in [1.82, 2.24) is 4.31 Å². The summed E-state index contributed by atoms with van der Waals surface area (Å²) >= 11 is 0. The van der Waals surface area contributed by atoms with Gasteiger partial charge in [0.2, 0.25) is 15.9 Å². The molecular formula is C22H21FN2O3S. The lowest BCUT2D eigenvalue weighted by Gasteiger charge is -2.31. The van der Waals surface area contributed by atoms with Crippen LogP contribution in [0.1, 0.15) is 12.8 Å².